The molecule has 2 heterocycles. The van der Waals surface area contributed by atoms with Gasteiger partial charge < -0.3 is 15.0 Å². The normalized spacial score (nSPS) is 14.7. The highest BCUT2D eigenvalue weighted by Crippen LogP contribution is 2.32. The maximum Gasteiger partial charge on any atom is 0.328 e. The molecule has 0 radical (unpaired) electrons. The third kappa shape index (κ3) is 5.35. The van der Waals surface area contributed by atoms with Crippen LogP contribution >= 0.6 is 11.3 Å². The highest BCUT2D eigenvalue weighted by molar-refractivity contribution is 7.91. The number of aryl methyl sites for hydroxylation is 1. The van der Waals surface area contributed by atoms with Crippen molar-refractivity contribution in [2.45, 2.75) is 24.5 Å². The number of amides is 2. The number of thiazole rings is 1. The molecule has 1 aromatic carbocycles. The molecule has 1 aliphatic heterocycles. The average Bonchev–Trinajstić information content (AvgIpc) is 3.15. The number of rotatable bonds is 7. The van der Waals surface area contributed by atoms with Crippen molar-refractivity contribution in [2.75, 3.05) is 62.1 Å². The Morgan fingerprint density at radius 3 is 2.45 bits per heavy atom. The number of carbonyl (C=O) groups excluding carboxylic acids is 1. The lowest BCUT2D eigenvalue weighted by Crippen LogP contribution is -2.36. The molecule has 0 unspecified atom stereocenters. The first-order valence-corrected chi connectivity index (χ1v) is 12.4. The van der Waals surface area contributed by atoms with Crippen LogP contribution < -0.4 is 15.1 Å². The van der Waals surface area contributed by atoms with Gasteiger partial charge in [0.25, 0.3) is 10.0 Å². The number of hydrogen-bond acceptors (Lipinski definition) is 7. The van der Waals surface area contributed by atoms with Gasteiger partial charge in [-0.2, -0.15) is 0 Å². The summed E-state index contributed by atoms with van der Waals surface area (Å²) in [5.74, 6) is 0. The van der Waals surface area contributed by atoms with E-state index in [1.807, 2.05) is 31.2 Å². The van der Waals surface area contributed by atoms with E-state index in [0.29, 0.717) is 42.7 Å². The summed E-state index contributed by atoms with van der Waals surface area (Å²) in [5.41, 5.74) is 2.13. The molecule has 0 spiro atoms. The molecule has 3 rings (SSSR count). The van der Waals surface area contributed by atoms with Gasteiger partial charge in [-0.25, -0.2) is 22.5 Å². The van der Waals surface area contributed by atoms with Crippen LogP contribution in [-0.4, -0.2) is 70.7 Å². The molecule has 1 N–H and O–H groups in total. The molecule has 2 aromatic rings. The molecule has 2 amide bonds. The largest absolute Gasteiger partial charge is 0.378 e. The molecule has 0 saturated carbocycles. The van der Waals surface area contributed by atoms with E-state index in [-0.39, 0.29) is 10.2 Å². The molecule has 31 heavy (non-hydrogen) atoms. The van der Waals surface area contributed by atoms with E-state index in [9.17, 15) is 13.2 Å². The second-order valence-corrected chi connectivity index (χ2v) is 10.7. The Labute approximate surface area is 187 Å². The van der Waals surface area contributed by atoms with Crippen LogP contribution in [0.4, 0.5) is 21.3 Å². The van der Waals surface area contributed by atoms with Gasteiger partial charge in [0.15, 0.2) is 9.34 Å². The van der Waals surface area contributed by atoms with Gasteiger partial charge in [0.2, 0.25) is 0 Å². The molecule has 1 aromatic heterocycles. The van der Waals surface area contributed by atoms with Gasteiger partial charge in [-0.1, -0.05) is 18.3 Å². The molecule has 1 aliphatic rings. The van der Waals surface area contributed by atoms with E-state index in [4.69, 9.17) is 4.74 Å². The molecule has 1 fully saturated rings. The zero-order valence-corrected chi connectivity index (χ0v) is 19.9. The summed E-state index contributed by atoms with van der Waals surface area (Å²) in [4.78, 5) is 21.1. The maximum absolute atomic E-state index is 13.0. The first kappa shape index (κ1) is 23.5. The Morgan fingerprint density at radius 2 is 1.87 bits per heavy atom. The molecule has 9 nitrogen and oxygen atoms in total. The molecular weight excluding hydrogens is 438 g/mol. The van der Waals surface area contributed by atoms with E-state index in [2.05, 4.69) is 15.2 Å². The zero-order chi connectivity index (χ0) is 22.6. The monoisotopic (exact) mass is 467 g/mol. The molecule has 0 bridgehead atoms. The van der Waals surface area contributed by atoms with Crippen molar-refractivity contribution < 1.29 is 17.9 Å². The third-order valence-corrected chi connectivity index (χ3v) is 8.46. The smallest absolute Gasteiger partial charge is 0.328 e. The van der Waals surface area contributed by atoms with Crippen molar-refractivity contribution in [3.05, 3.63) is 30.0 Å². The van der Waals surface area contributed by atoms with Crippen LogP contribution in [-0.2, 0) is 14.8 Å². The topological polar surface area (TPSA) is 95.1 Å². The van der Waals surface area contributed by atoms with Gasteiger partial charge in [-0.3, -0.25) is 4.90 Å². The van der Waals surface area contributed by atoms with Crippen LogP contribution in [0.15, 0.2) is 28.5 Å². The summed E-state index contributed by atoms with van der Waals surface area (Å²) in [6.07, 6.45) is 0.706. The molecule has 0 atom stereocenters. The minimum atomic E-state index is -3.62. The lowest BCUT2D eigenvalue weighted by molar-refractivity contribution is 0.122. The minimum Gasteiger partial charge on any atom is -0.378 e. The number of nitrogens with one attached hydrogen (secondary N) is 1. The van der Waals surface area contributed by atoms with Crippen molar-refractivity contribution in [1.82, 2.24) is 9.29 Å². The van der Waals surface area contributed by atoms with Crippen LogP contribution in [0, 0.1) is 6.92 Å². The van der Waals surface area contributed by atoms with Crippen molar-refractivity contribution in [3.8, 4) is 0 Å². The van der Waals surface area contributed by atoms with Crippen LogP contribution in [0.2, 0.25) is 0 Å². The van der Waals surface area contributed by atoms with Crippen molar-refractivity contribution in [3.63, 3.8) is 0 Å². The van der Waals surface area contributed by atoms with Crippen molar-refractivity contribution in [1.29, 1.82) is 0 Å². The molecule has 0 aliphatic carbocycles. The van der Waals surface area contributed by atoms with E-state index in [0.717, 1.165) is 34.4 Å². The third-order valence-electron chi connectivity index (χ3n) is 4.88. The lowest BCUT2D eigenvalue weighted by Gasteiger charge is -2.29. The van der Waals surface area contributed by atoms with Gasteiger partial charge in [0, 0.05) is 45.1 Å². The summed E-state index contributed by atoms with van der Waals surface area (Å²) in [5, 5.41) is 3.26. The van der Waals surface area contributed by atoms with E-state index in [1.54, 1.807) is 6.92 Å². The summed E-state index contributed by atoms with van der Waals surface area (Å²) >= 11 is 1.01. The van der Waals surface area contributed by atoms with Crippen LogP contribution in [0.5, 0.6) is 0 Å². The second kappa shape index (κ2) is 9.94. The van der Waals surface area contributed by atoms with E-state index in [1.165, 1.54) is 19.0 Å². The van der Waals surface area contributed by atoms with E-state index >= 15 is 0 Å². The number of aromatic nitrogens is 1. The number of ether oxygens (including phenoxy) is 1. The SMILES string of the molecule is CCCN(C(=O)Nc1ccc(N2CCOCC2)cc1)c1nc(C)c(S(=O)(=O)N(C)C)s1. The van der Waals surface area contributed by atoms with Crippen molar-refractivity contribution >= 4 is 43.9 Å². The minimum absolute atomic E-state index is 0.149. The average molecular weight is 468 g/mol. The summed E-state index contributed by atoms with van der Waals surface area (Å²) in [6.45, 7) is 7.13. The van der Waals surface area contributed by atoms with Gasteiger partial charge in [0.05, 0.1) is 18.9 Å². The number of nitrogens with zero attached hydrogens (tertiary/aromatic N) is 4. The number of morpholine rings is 1. The first-order valence-electron chi connectivity index (χ1n) is 10.1. The fourth-order valence-electron chi connectivity index (χ4n) is 3.17. The Hall–Kier alpha value is -2.21. The fourth-order valence-corrected chi connectivity index (χ4v) is 5.83. The van der Waals surface area contributed by atoms with Crippen molar-refractivity contribution in [2.24, 2.45) is 0 Å². The Balaban J connectivity index is 1.77. The number of sulfonamides is 1. The molecule has 170 valence electrons. The quantitative estimate of drug-likeness (QED) is 0.673. The number of urea groups is 1. The maximum atomic E-state index is 13.0. The number of anilines is 3. The standard InChI is InChI=1S/C20H29N5O4S2/c1-5-10-25(20-21-15(2)18(30-20)31(27,28)23(3)4)19(26)22-16-6-8-17(9-7-16)24-11-13-29-14-12-24/h6-9H,5,10-14H2,1-4H3,(H,22,26). The van der Waals surface area contributed by atoms with Gasteiger partial charge in [-0.05, 0) is 37.6 Å². The molecule has 11 heteroatoms. The number of carbonyl (C=O) groups is 1. The molecular formula is C20H29N5O4S2. The Kier molecular flexibility index (Phi) is 7.52. The van der Waals surface area contributed by atoms with Crippen LogP contribution in [0.1, 0.15) is 19.0 Å². The summed E-state index contributed by atoms with van der Waals surface area (Å²) in [6, 6.07) is 7.33. The Morgan fingerprint density at radius 1 is 1.23 bits per heavy atom. The predicted molar refractivity (Wildman–Crippen MR) is 124 cm³/mol. The first-order chi connectivity index (χ1) is 14.7. The zero-order valence-electron chi connectivity index (χ0n) is 18.3. The Bertz CT molecular complexity index is 999. The van der Waals surface area contributed by atoms with Crippen LogP contribution in [0.25, 0.3) is 0 Å². The highest BCUT2D eigenvalue weighted by atomic mass is 32.2. The molecule has 1 saturated heterocycles. The summed E-state index contributed by atoms with van der Waals surface area (Å²) < 4.78 is 31.8. The summed E-state index contributed by atoms with van der Waals surface area (Å²) in [7, 11) is -0.663. The second-order valence-electron chi connectivity index (χ2n) is 7.38. The predicted octanol–water partition coefficient (Wildman–Crippen LogP) is 2.99. The van der Waals surface area contributed by atoms with Gasteiger partial charge >= 0.3 is 6.03 Å². The van der Waals surface area contributed by atoms with Gasteiger partial charge in [-0.15, -0.1) is 0 Å². The lowest BCUT2D eigenvalue weighted by atomic mass is 10.2. The highest BCUT2D eigenvalue weighted by Gasteiger charge is 2.27. The number of hydrogen-bond donors (Lipinski definition) is 1. The fraction of sp³-hybridized carbons (Fsp3) is 0.500. The number of benzene rings is 1. The van der Waals surface area contributed by atoms with Gasteiger partial charge in [0.1, 0.15) is 0 Å². The van der Waals surface area contributed by atoms with E-state index < -0.39 is 10.0 Å². The van der Waals surface area contributed by atoms with Crippen LogP contribution in [0.3, 0.4) is 0 Å².